The molecule has 0 fully saturated rings. The van der Waals surface area contributed by atoms with Crippen LogP contribution in [0.4, 0.5) is 5.00 Å². The highest BCUT2D eigenvalue weighted by Crippen LogP contribution is 2.23. The second-order valence-electron chi connectivity index (χ2n) is 2.86. The third kappa shape index (κ3) is 2.66. The molecular weight excluding hydrogens is 358 g/mol. The summed E-state index contributed by atoms with van der Waals surface area (Å²) in [5.74, 6) is -0.195. The van der Waals surface area contributed by atoms with Crippen molar-refractivity contribution in [3.8, 4) is 0 Å². The lowest BCUT2D eigenvalue weighted by atomic mass is 10.2. The lowest BCUT2D eigenvalue weighted by Gasteiger charge is -2.04. The first-order valence-corrected chi connectivity index (χ1v) is 6.56. The van der Waals surface area contributed by atoms with Crippen molar-refractivity contribution in [3.63, 3.8) is 0 Å². The smallest absolute Gasteiger partial charge is 0.257 e. The van der Waals surface area contributed by atoms with Crippen LogP contribution in [0, 0.1) is 0 Å². The Balaban J connectivity index is 2.24. The van der Waals surface area contributed by atoms with E-state index < -0.39 is 0 Å². The van der Waals surface area contributed by atoms with Crippen molar-refractivity contribution in [1.29, 1.82) is 0 Å². The Morgan fingerprint density at radius 2 is 2.19 bits per heavy atom. The lowest BCUT2D eigenvalue weighted by Crippen LogP contribution is -2.11. The van der Waals surface area contributed by atoms with Crippen LogP contribution in [0.15, 0.2) is 33.3 Å². The van der Waals surface area contributed by atoms with Crippen molar-refractivity contribution in [2.24, 2.45) is 0 Å². The van der Waals surface area contributed by atoms with Gasteiger partial charge in [-0.25, -0.2) is 0 Å². The number of hydrogen-bond donors (Lipinski definition) is 1. The normalized spacial score (nSPS) is 10.1. The second kappa shape index (κ2) is 5.03. The molecule has 0 bridgehead atoms. The molecule has 0 spiro atoms. The van der Waals surface area contributed by atoms with Crippen LogP contribution in [0.5, 0.6) is 0 Å². The van der Waals surface area contributed by atoms with Gasteiger partial charge < -0.3 is 5.32 Å². The Kier molecular flexibility index (Phi) is 3.67. The molecule has 0 aliphatic heterocycles. The fourth-order valence-electron chi connectivity index (χ4n) is 1.07. The molecule has 1 amide bonds. The van der Waals surface area contributed by atoms with E-state index in [9.17, 15) is 4.79 Å². The molecule has 82 valence electrons. The molecule has 0 radical (unpaired) electrons. The van der Waals surface area contributed by atoms with Gasteiger partial charge in [0, 0.05) is 20.5 Å². The number of aromatic nitrogens is 2. The predicted octanol–water partition coefficient (Wildman–Crippen LogP) is 3.32. The van der Waals surface area contributed by atoms with Crippen LogP contribution < -0.4 is 5.32 Å². The highest BCUT2D eigenvalue weighted by atomic mass is 79.9. The van der Waals surface area contributed by atoms with E-state index in [0.29, 0.717) is 10.6 Å². The average molecular weight is 363 g/mol. The van der Waals surface area contributed by atoms with Crippen molar-refractivity contribution in [2.45, 2.75) is 0 Å². The Hall–Kier alpha value is -0.790. The lowest BCUT2D eigenvalue weighted by molar-refractivity contribution is 0.102. The van der Waals surface area contributed by atoms with Crippen LogP contribution in [0.3, 0.4) is 0 Å². The first-order valence-electron chi connectivity index (χ1n) is 4.20. The molecule has 2 rings (SSSR count). The van der Waals surface area contributed by atoms with Gasteiger partial charge in [-0.05, 0) is 34.1 Å². The predicted molar refractivity (Wildman–Crippen MR) is 69.7 cm³/mol. The maximum absolute atomic E-state index is 11.9. The minimum Gasteiger partial charge on any atom is -0.311 e. The average Bonchev–Trinajstić information content (AvgIpc) is 2.74. The van der Waals surface area contributed by atoms with E-state index in [1.165, 1.54) is 6.20 Å². The number of carbonyl (C=O) groups is 1. The summed E-state index contributed by atoms with van der Waals surface area (Å²) in [6.07, 6.45) is 1.51. The van der Waals surface area contributed by atoms with Crippen molar-refractivity contribution < 1.29 is 4.79 Å². The SMILES string of the molecule is O=C(Nc1cnns1)c1cc(Br)ccc1Br. The van der Waals surface area contributed by atoms with Gasteiger partial charge in [0.05, 0.1) is 11.8 Å². The molecule has 1 heterocycles. The molecule has 0 atom stereocenters. The molecule has 0 saturated heterocycles. The van der Waals surface area contributed by atoms with E-state index in [-0.39, 0.29) is 5.91 Å². The number of nitrogens with zero attached hydrogens (tertiary/aromatic N) is 2. The largest absolute Gasteiger partial charge is 0.311 e. The molecule has 4 nitrogen and oxygen atoms in total. The molecular formula is C9H5Br2N3OS. The summed E-state index contributed by atoms with van der Waals surface area (Å²) < 4.78 is 5.26. The molecule has 0 unspecified atom stereocenters. The monoisotopic (exact) mass is 361 g/mol. The van der Waals surface area contributed by atoms with Gasteiger partial charge in [0.25, 0.3) is 5.91 Å². The van der Waals surface area contributed by atoms with Gasteiger partial charge in [0.15, 0.2) is 0 Å². The number of benzene rings is 1. The highest BCUT2D eigenvalue weighted by molar-refractivity contribution is 9.11. The van der Waals surface area contributed by atoms with Gasteiger partial charge in [-0.1, -0.05) is 20.4 Å². The fourth-order valence-corrected chi connectivity index (χ4v) is 2.28. The van der Waals surface area contributed by atoms with E-state index in [2.05, 4.69) is 46.8 Å². The summed E-state index contributed by atoms with van der Waals surface area (Å²) in [5, 5.41) is 6.97. The summed E-state index contributed by atoms with van der Waals surface area (Å²) in [4.78, 5) is 11.9. The van der Waals surface area contributed by atoms with E-state index in [1.54, 1.807) is 6.07 Å². The number of amides is 1. The van der Waals surface area contributed by atoms with Crippen LogP contribution in [0.2, 0.25) is 0 Å². The first kappa shape index (κ1) is 11.7. The topological polar surface area (TPSA) is 54.9 Å². The van der Waals surface area contributed by atoms with Gasteiger partial charge in [0.1, 0.15) is 5.00 Å². The fraction of sp³-hybridized carbons (Fsp3) is 0. The zero-order valence-corrected chi connectivity index (χ0v) is 11.8. The van der Waals surface area contributed by atoms with E-state index in [4.69, 9.17) is 0 Å². The minimum atomic E-state index is -0.195. The van der Waals surface area contributed by atoms with Crippen molar-refractivity contribution in [3.05, 3.63) is 38.9 Å². The summed E-state index contributed by atoms with van der Waals surface area (Å²) in [6, 6.07) is 5.41. The number of hydrogen-bond acceptors (Lipinski definition) is 4. The van der Waals surface area contributed by atoms with Gasteiger partial charge in [0.2, 0.25) is 0 Å². The molecule has 1 aromatic carbocycles. The minimum absolute atomic E-state index is 0.195. The second-order valence-corrected chi connectivity index (χ2v) is 5.42. The summed E-state index contributed by atoms with van der Waals surface area (Å²) in [5.41, 5.74) is 0.558. The third-order valence-electron chi connectivity index (χ3n) is 1.77. The van der Waals surface area contributed by atoms with Crippen LogP contribution >= 0.6 is 43.4 Å². The van der Waals surface area contributed by atoms with Crippen molar-refractivity contribution >= 4 is 54.3 Å². The Bertz CT molecular complexity index is 515. The van der Waals surface area contributed by atoms with Gasteiger partial charge >= 0.3 is 0 Å². The van der Waals surface area contributed by atoms with Crippen LogP contribution in [0.1, 0.15) is 10.4 Å². The third-order valence-corrected chi connectivity index (χ3v) is 3.54. The number of nitrogens with one attached hydrogen (secondary N) is 1. The van der Waals surface area contributed by atoms with E-state index in [0.717, 1.165) is 20.5 Å². The van der Waals surface area contributed by atoms with Crippen LogP contribution in [-0.2, 0) is 0 Å². The zero-order chi connectivity index (χ0) is 11.5. The number of rotatable bonds is 2. The first-order chi connectivity index (χ1) is 7.66. The zero-order valence-electron chi connectivity index (χ0n) is 7.78. The molecule has 0 saturated carbocycles. The summed E-state index contributed by atoms with van der Waals surface area (Å²) in [7, 11) is 0. The Morgan fingerprint density at radius 3 is 2.88 bits per heavy atom. The van der Waals surface area contributed by atoms with Crippen LogP contribution in [-0.4, -0.2) is 15.5 Å². The number of anilines is 1. The quantitative estimate of drug-likeness (QED) is 0.891. The molecule has 7 heteroatoms. The molecule has 1 aromatic heterocycles. The molecule has 1 N–H and O–H groups in total. The van der Waals surface area contributed by atoms with Gasteiger partial charge in [-0.3, -0.25) is 4.79 Å². The van der Waals surface area contributed by atoms with E-state index >= 15 is 0 Å². The Morgan fingerprint density at radius 1 is 1.38 bits per heavy atom. The highest BCUT2D eigenvalue weighted by Gasteiger charge is 2.11. The summed E-state index contributed by atoms with van der Waals surface area (Å²) >= 11 is 7.78. The molecule has 2 aromatic rings. The van der Waals surface area contributed by atoms with E-state index in [1.807, 2.05) is 12.1 Å². The standard InChI is InChI=1S/C9H5Br2N3OS/c10-5-1-2-7(11)6(3-5)9(15)13-8-4-12-14-16-8/h1-4H,(H,13,15). The number of halogens is 2. The Labute approximate surface area is 112 Å². The van der Waals surface area contributed by atoms with Gasteiger partial charge in [-0.2, -0.15) is 0 Å². The van der Waals surface area contributed by atoms with Crippen LogP contribution in [0.25, 0.3) is 0 Å². The maximum Gasteiger partial charge on any atom is 0.257 e. The molecule has 16 heavy (non-hydrogen) atoms. The number of carbonyl (C=O) groups excluding carboxylic acids is 1. The van der Waals surface area contributed by atoms with Crippen molar-refractivity contribution in [1.82, 2.24) is 9.59 Å². The van der Waals surface area contributed by atoms with Gasteiger partial charge in [-0.15, -0.1) is 5.10 Å². The summed E-state index contributed by atoms with van der Waals surface area (Å²) in [6.45, 7) is 0. The van der Waals surface area contributed by atoms with Crippen molar-refractivity contribution in [2.75, 3.05) is 5.32 Å². The molecule has 0 aliphatic carbocycles. The maximum atomic E-state index is 11.9. The molecule has 0 aliphatic rings.